The van der Waals surface area contributed by atoms with Crippen molar-refractivity contribution in [3.8, 4) is 0 Å². The first-order valence-electron chi connectivity index (χ1n) is 6.97. The van der Waals surface area contributed by atoms with Gasteiger partial charge in [0, 0.05) is 11.1 Å². The number of rotatable bonds is 5. The number of amidine groups is 1. The van der Waals surface area contributed by atoms with E-state index in [4.69, 9.17) is 0 Å². The maximum atomic E-state index is 11.9. The van der Waals surface area contributed by atoms with E-state index < -0.39 is 0 Å². The number of nitrogens with zero attached hydrogens (tertiary/aromatic N) is 3. The Morgan fingerprint density at radius 3 is 3.04 bits per heavy atom. The van der Waals surface area contributed by atoms with Gasteiger partial charge in [-0.25, -0.2) is 9.98 Å². The molecule has 2 amide bonds. The first-order chi connectivity index (χ1) is 11.1. The highest BCUT2D eigenvalue weighted by Crippen LogP contribution is 2.19. The van der Waals surface area contributed by atoms with Crippen LogP contribution in [-0.2, 0) is 9.59 Å². The van der Waals surface area contributed by atoms with Gasteiger partial charge in [-0.2, -0.15) is 4.99 Å². The highest BCUT2D eigenvalue weighted by Gasteiger charge is 2.26. The van der Waals surface area contributed by atoms with E-state index in [1.54, 1.807) is 12.3 Å². The summed E-state index contributed by atoms with van der Waals surface area (Å²) in [6.07, 6.45) is 9.00. The number of aryl methyl sites for hydroxylation is 1. The zero-order valence-corrected chi connectivity index (χ0v) is 14.0. The number of anilines is 1. The quantitative estimate of drug-likeness (QED) is 0.886. The van der Waals surface area contributed by atoms with Crippen LogP contribution in [0.2, 0.25) is 0 Å². The smallest absolute Gasteiger partial charge is 0.260 e. The molecule has 1 aromatic heterocycles. The van der Waals surface area contributed by atoms with Crippen molar-refractivity contribution < 1.29 is 9.59 Å². The predicted molar refractivity (Wildman–Crippen MR) is 94.5 cm³/mol. The van der Waals surface area contributed by atoms with Crippen molar-refractivity contribution in [3.63, 3.8) is 0 Å². The average molecular weight is 346 g/mol. The molecule has 1 unspecified atom stereocenters. The Kier molecular flexibility index (Phi) is 4.82. The van der Waals surface area contributed by atoms with Gasteiger partial charge in [-0.1, -0.05) is 18.2 Å². The summed E-state index contributed by atoms with van der Waals surface area (Å²) >= 11 is 2.80. The first kappa shape index (κ1) is 15.8. The number of fused-ring (bicyclic) bond motifs is 1. The molecule has 1 atom stereocenters. The topological polar surface area (TPSA) is 83.8 Å². The second-order valence-electron chi connectivity index (χ2n) is 4.94. The Hall–Kier alpha value is -2.06. The number of aliphatic imine (C=N–C) groups is 2. The lowest BCUT2D eigenvalue weighted by atomic mass is 9.97. The third kappa shape index (κ3) is 4.02. The largest absolute Gasteiger partial charge is 0.301 e. The fourth-order valence-electron chi connectivity index (χ4n) is 2.09. The number of hydrogen-bond acceptors (Lipinski definition) is 6. The number of aromatic nitrogens is 1. The maximum Gasteiger partial charge on any atom is 0.260 e. The van der Waals surface area contributed by atoms with Crippen molar-refractivity contribution in [1.82, 2.24) is 4.98 Å². The van der Waals surface area contributed by atoms with Gasteiger partial charge in [0.1, 0.15) is 11.8 Å². The van der Waals surface area contributed by atoms with Gasteiger partial charge in [-0.15, -0.1) is 23.1 Å². The maximum absolute atomic E-state index is 11.9. The van der Waals surface area contributed by atoms with Crippen LogP contribution in [0.3, 0.4) is 0 Å². The zero-order chi connectivity index (χ0) is 16.2. The van der Waals surface area contributed by atoms with Crippen molar-refractivity contribution >= 4 is 51.6 Å². The molecule has 0 aromatic carbocycles. The Balaban J connectivity index is 1.50. The molecule has 1 aliphatic heterocycles. The molecule has 6 nitrogen and oxygen atoms in total. The Morgan fingerprint density at radius 2 is 2.26 bits per heavy atom. The van der Waals surface area contributed by atoms with Crippen LogP contribution in [0.25, 0.3) is 0 Å². The minimum atomic E-state index is -0.356. The number of nitrogens with one attached hydrogen (secondary N) is 1. The molecular weight excluding hydrogens is 332 g/mol. The molecule has 0 spiro atoms. The van der Waals surface area contributed by atoms with Crippen LogP contribution >= 0.6 is 23.1 Å². The molecule has 118 valence electrons. The van der Waals surface area contributed by atoms with Gasteiger partial charge in [0.2, 0.25) is 5.91 Å². The summed E-state index contributed by atoms with van der Waals surface area (Å²) < 4.78 is 0. The lowest BCUT2D eigenvalue weighted by molar-refractivity contribution is -0.118. The van der Waals surface area contributed by atoms with Gasteiger partial charge in [0.05, 0.1) is 17.2 Å². The fourth-order valence-corrected chi connectivity index (χ4v) is 3.44. The van der Waals surface area contributed by atoms with E-state index in [9.17, 15) is 9.59 Å². The van der Waals surface area contributed by atoms with Gasteiger partial charge >= 0.3 is 0 Å². The Labute approximate surface area is 141 Å². The Morgan fingerprint density at radius 1 is 1.39 bits per heavy atom. The standard InChI is InChI=1S/C15H14N4O2S2/c1-9-6-16-15(23-9)19-13(20)8-22-7-12-17-11-5-3-2-4-10(11)14(21)18-12/h2-6,10H,7-8H2,1H3,(H,16,19,20). The number of thioether (sulfide) groups is 1. The monoisotopic (exact) mass is 346 g/mol. The molecule has 2 heterocycles. The lowest BCUT2D eigenvalue weighted by Gasteiger charge is -2.17. The second kappa shape index (κ2) is 7.01. The molecule has 1 N–H and O–H groups in total. The van der Waals surface area contributed by atoms with E-state index >= 15 is 0 Å². The summed E-state index contributed by atoms with van der Waals surface area (Å²) in [5, 5.41) is 3.34. The van der Waals surface area contributed by atoms with Gasteiger partial charge in [0.15, 0.2) is 5.13 Å². The molecule has 8 heteroatoms. The first-order valence-corrected chi connectivity index (χ1v) is 8.94. The van der Waals surface area contributed by atoms with Crippen LogP contribution in [0.1, 0.15) is 4.88 Å². The summed E-state index contributed by atoms with van der Waals surface area (Å²) in [6.45, 7) is 1.93. The molecule has 0 saturated heterocycles. The van der Waals surface area contributed by atoms with Crippen LogP contribution in [0, 0.1) is 12.8 Å². The molecule has 3 rings (SSSR count). The third-order valence-corrected chi connectivity index (χ3v) is 4.85. The van der Waals surface area contributed by atoms with Crippen molar-refractivity contribution in [2.24, 2.45) is 15.9 Å². The van der Waals surface area contributed by atoms with Gasteiger partial charge < -0.3 is 5.32 Å². The molecule has 1 aliphatic carbocycles. The van der Waals surface area contributed by atoms with Gasteiger partial charge in [-0.05, 0) is 13.0 Å². The normalized spacial score (nSPS) is 19.2. The van der Waals surface area contributed by atoms with Crippen molar-refractivity contribution in [2.75, 3.05) is 16.8 Å². The number of thiazole rings is 1. The van der Waals surface area contributed by atoms with Gasteiger partial charge in [0.25, 0.3) is 5.91 Å². The molecule has 0 fully saturated rings. The summed E-state index contributed by atoms with van der Waals surface area (Å²) in [6, 6.07) is 0. The van der Waals surface area contributed by atoms with Crippen LogP contribution < -0.4 is 5.32 Å². The van der Waals surface area contributed by atoms with Crippen molar-refractivity contribution in [1.29, 1.82) is 0 Å². The molecule has 0 saturated carbocycles. The minimum absolute atomic E-state index is 0.127. The lowest BCUT2D eigenvalue weighted by Crippen LogP contribution is -2.27. The number of carbonyl (C=O) groups excluding carboxylic acids is 2. The molecule has 0 radical (unpaired) electrons. The van der Waals surface area contributed by atoms with E-state index in [1.807, 2.05) is 25.2 Å². The molecule has 23 heavy (non-hydrogen) atoms. The van der Waals surface area contributed by atoms with E-state index in [-0.39, 0.29) is 23.5 Å². The van der Waals surface area contributed by atoms with Crippen LogP contribution in [0.5, 0.6) is 0 Å². The van der Waals surface area contributed by atoms with Crippen molar-refractivity contribution in [3.05, 3.63) is 35.4 Å². The van der Waals surface area contributed by atoms with E-state index in [0.29, 0.717) is 22.4 Å². The van der Waals surface area contributed by atoms with Crippen LogP contribution in [0.4, 0.5) is 5.13 Å². The molecule has 1 aromatic rings. The highest BCUT2D eigenvalue weighted by atomic mass is 32.2. The van der Waals surface area contributed by atoms with Crippen LogP contribution in [0.15, 0.2) is 40.5 Å². The van der Waals surface area contributed by atoms with E-state index in [2.05, 4.69) is 20.3 Å². The van der Waals surface area contributed by atoms with E-state index in [1.165, 1.54) is 23.1 Å². The molecule has 0 bridgehead atoms. The fraction of sp³-hybridized carbons (Fsp3) is 0.267. The third-order valence-electron chi connectivity index (χ3n) is 3.10. The van der Waals surface area contributed by atoms with Gasteiger partial charge in [-0.3, -0.25) is 9.59 Å². The number of allylic oxidation sites excluding steroid dienone is 3. The SMILES string of the molecule is Cc1cnc(NC(=O)CSCC2=NC(=O)C3C=CC=CC3=N2)s1. The number of amides is 2. The Bertz CT molecular complexity index is 761. The highest BCUT2D eigenvalue weighted by molar-refractivity contribution is 8.00. The van der Waals surface area contributed by atoms with Crippen LogP contribution in [-0.4, -0.2) is 39.9 Å². The predicted octanol–water partition coefficient (Wildman–Crippen LogP) is 2.25. The number of hydrogen-bond donors (Lipinski definition) is 1. The average Bonchev–Trinajstić information content (AvgIpc) is 2.92. The zero-order valence-electron chi connectivity index (χ0n) is 12.4. The summed E-state index contributed by atoms with van der Waals surface area (Å²) in [7, 11) is 0. The van der Waals surface area contributed by atoms with E-state index in [0.717, 1.165) is 4.88 Å². The molecule has 2 aliphatic rings. The molecular formula is C15H14N4O2S2. The summed E-state index contributed by atoms with van der Waals surface area (Å²) in [5.41, 5.74) is 0.714. The second-order valence-corrected chi connectivity index (χ2v) is 7.16. The summed E-state index contributed by atoms with van der Waals surface area (Å²) in [4.78, 5) is 37.3. The summed E-state index contributed by atoms with van der Waals surface area (Å²) in [5.74, 6) is 0.459. The van der Waals surface area contributed by atoms with Crippen molar-refractivity contribution in [2.45, 2.75) is 6.92 Å². The minimum Gasteiger partial charge on any atom is -0.301 e. The number of carbonyl (C=O) groups is 2.